The molecule has 0 aliphatic heterocycles. The molecule has 102 valence electrons. The predicted molar refractivity (Wildman–Crippen MR) is 77.4 cm³/mol. The summed E-state index contributed by atoms with van der Waals surface area (Å²) in [7, 11) is 1.71. The third-order valence-corrected chi connectivity index (χ3v) is 3.20. The zero-order chi connectivity index (χ0) is 13.7. The first-order valence-electron chi connectivity index (χ1n) is 6.53. The Morgan fingerprint density at radius 1 is 1.32 bits per heavy atom. The number of pyridine rings is 1. The number of likely N-dealkylation sites (N-methyl/N-ethyl adjacent to an activating group) is 1. The summed E-state index contributed by atoms with van der Waals surface area (Å²) < 4.78 is 5.16. The van der Waals surface area contributed by atoms with E-state index in [0.717, 1.165) is 29.7 Å². The second-order valence-corrected chi connectivity index (χ2v) is 4.38. The first-order chi connectivity index (χ1) is 9.30. The molecular weight excluding hydrogens is 240 g/mol. The van der Waals surface area contributed by atoms with Gasteiger partial charge in [0, 0.05) is 31.3 Å². The Hall–Kier alpha value is -1.65. The second kappa shape index (κ2) is 6.50. The highest BCUT2D eigenvalue weighted by molar-refractivity contribution is 5.91. The Balaban J connectivity index is 2.49. The number of aliphatic hydroxyl groups is 1. The molecule has 0 atom stereocenters. The van der Waals surface area contributed by atoms with E-state index in [-0.39, 0.29) is 6.61 Å². The molecule has 19 heavy (non-hydrogen) atoms. The number of aliphatic hydroxyl groups excluding tert-OH is 1. The molecule has 2 aromatic rings. The maximum atomic E-state index is 9.35. The van der Waals surface area contributed by atoms with Crippen LogP contribution in [0, 0.1) is 0 Å². The fourth-order valence-electron chi connectivity index (χ4n) is 2.20. The lowest BCUT2D eigenvalue weighted by Gasteiger charge is -2.24. The van der Waals surface area contributed by atoms with Gasteiger partial charge >= 0.3 is 0 Å². The number of methoxy groups -OCH3 is 1. The summed E-state index contributed by atoms with van der Waals surface area (Å²) in [5, 5.41) is 10.5. The van der Waals surface area contributed by atoms with Gasteiger partial charge in [-0.1, -0.05) is 18.2 Å². The minimum Gasteiger partial charge on any atom is -0.390 e. The zero-order valence-electron chi connectivity index (χ0n) is 11.5. The quantitative estimate of drug-likeness (QED) is 0.865. The zero-order valence-corrected chi connectivity index (χ0v) is 11.5. The third kappa shape index (κ3) is 3.03. The lowest BCUT2D eigenvalue weighted by molar-refractivity contribution is 0.205. The molecule has 1 N–H and O–H groups in total. The number of aromatic nitrogens is 1. The molecule has 0 spiro atoms. The molecule has 1 aromatic heterocycles. The van der Waals surface area contributed by atoms with Crippen LogP contribution in [0.25, 0.3) is 10.9 Å². The first kappa shape index (κ1) is 13.8. The number of anilines is 1. The Bertz CT molecular complexity index is 543. The van der Waals surface area contributed by atoms with Crippen molar-refractivity contribution in [1.29, 1.82) is 0 Å². The van der Waals surface area contributed by atoms with Gasteiger partial charge in [-0.15, -0.1) is 0 Å². The van der Waals surface area contributed by atoms with Crippen molar-refractivity contribution in [2.45, 2.75) is 13.5 Å². The third-order valence-electron chi connectivity index (χ3n) is 3.20. The molecule has 0 saturated carbocycles. The van der Waals surface area contributed by atoms with Gasteiger partial charge in [-0.25, -0.2) is 0 Å². The van der Waals surface area contributed by atoms with Gasteiger partial charge in [-0.3, -0.25) is 4.98 Å². The van der Waals surface area contributed by atoms with Crippen LogP contribution in [0.4, 0.5) is 5.69 Å². The molecule has 2 rings (SSSR count). The smallest absolute Gasteiger partial charge is 0.0854 e. The lowest BCUT2D eigenvalue weighted by Crippen LogP contribution is -2.27. The van der Waals surface area contributed by atoms with E-state index >= 15 is 0 Å². The van der Waals surface area contributed by atoms with Gasteiger partial charge in [-0.05, 0) is 19.1 Å². The van der Waals surface area contributed by atoms with Crippen molar-refractivity contribution in [3.8, 4) is 0 Å². The molecule has 1 heterocycles. The molecule has 1 aromatic carbocycles. The van der Waals surface area contributed by atoms with E-state index in [1.54, 1.807) is 7.11 Å². The summed E-state index contributed by atoms with van der Waals surface area (Å²) >= 11 is 0. The molecule has 4 nitrogen and oxygen atoms in total. The van der Waals surface area contributed by atoms with Gasteiger partial charge in [0.1, 0.15) is 0 Å². The lowest BCUT2D eigenvalue weighted by atomic mass is 10.1. The number of para-hydroxylation sites is 1. The SMILES string of the molecule is CCN(CCOC)c1cc(CO)nc2ccccc12. The maximum absolute atomic E-state index is 9.35. The van der Waals surface area contributed by atoms with Gasteiger partial charge in [0.2, 0.25) is 0 Å². The van der Waals surface area contributed by atoms with E-state index in [1.165, 1.54) is 0 Å². The standard InChI is InChI=1S/C15H20N2O2/c1-3-17(8-9-19-2)15-10-12(11-18)16-14-7-5-4-6-13(14)15/h4-7,10,18H,3,8-9,11H2,1-2H3. The van der Waals surface area contributed by atoms with Crippen molar-refractivity contribution in [1.82, 2.24) is 4.98 Å². The second-order valence-electron chi connectivity index (χ2n) is 4.38. The molecule has 0 aliphatic carbocycles. The summed E-state index contributed by atoms with van der Waals surface area (Å²) in [6, 6.07) is 9.97. The molecule has 0 radical (unpaired) electrons. The van der Waals surface area contributed by atoms with Crippen LogP contribution in [-0.2, 0) is 11.3 Å². The summed E-state index contributed by atoms with van der Waals surface area (Å²) in [6.07, 6.45) is 0. The van der Waals surface area contributed by atoms with Crippen molar-refractivity contribution in [3.63, 3.8) is 0 Å². The largest absolute Gasteiger partial charge is 0.390 e. The van der Waals surface area contributed by atoms with E-state index < -0.39 is 0 Å². The van der Waals surface area contributed by atoms with Crippen LogP contribution in [-0.4, -0.2) is 36.9 Å². The van der Waals surface area contributed by atoms with Crippen molar-refractivity contribution in [2.75, 3.05) is 31.7 Å². The average molecular weight is 260 g/mol. The summed E-state index contributed by atoms with van der Waals surface area (Å²) in [6.45, 7) is 4.47. The molecule has 0 aliphatic rings. The van der Waals surface area contributed by atoms with Crippen molar-refractivity contribution in [2.24, 2.45) is 0 Å². The van der Waals surface area contributed by atoms with Crippen LogP contribution in [0.5, 0.6) is 0 Å². The van der Waals surface area contributed by atoms with Crippen LogP contribution < -0.4 is 4.90 Å². The molecule has 0 unspecified atom stereocenters. The molecule has 0 amide bonds. The van der Waals surface area contributed by atoms with Crippen LogP contribution in [0.1, 0.15) is 12.6 Å². The van der Waals surface area contributed by atoms with Gasteiger partial charge < -0.3 is 14.7 Å². The minimum atomic E-state index is -0.0420. The van der Waals surface area contributed by atoms with Crippen LogP contribution >= 0.6 is 0 Å². The van der Waals surface area contributed by atoms with E-state index in [2.05, 4.69) is 22.9 Å². The highest BCUT2D eigenvalue weighted by atomic mass is 16.5. The van der Waals surface area contributed by atoms with Crippen LogP contribution in [0.15, 0.2) is 30.3 Å². The number of hydrogen-bond donors (Lipinski definition) is 1. The van der Waals surface area contributed by atoms with Crippen molar-refractivity contribution in [3.05, 3.63) is 36.0 Å². The number of nitrogens with zero attached hydrogens (tertiary/aromatic N) is 2. The molecule has 0 saturated heterocycles. The Morgan fingerprint density at radius 3 is 2.79 bits per heavy atom. The highest BCUT2D eigenvalue weighted by Gasteiger charge is 2.11. The van der Waals surface area contributed by atoms with E-state index in [9.17, 15) is 5.11 Å². The molecule has 4 heteroatoms. The first-order valence-corrected chi connectivity index (χ1v) is 6.53. The van der Waals surface area contributed by atoms with E-state index in [4.69, 9.17) is 4.74 Å². The Morgan fingerprint density at radius 2 is 2.11 bits per heavy atom. The molecular formula is C15H20N2O2. The number of rotatable bonds is 6. The topological polar surface area (TPSA) is 45.6 Å². The Kier molecular flexibility index (Phi) is 4.71. The molecule has 0 fully saturated rings. The summed E-state index contributed by atoms with van der Waals surface area (Å²) in [4.78, 5) is 6.69. The Labute approximate surface area is 113 Å². The maximum Gasteiger partial charge on any atom is 0.0854 e. The van der Waals surface area contributed by atoms with E-state index in [0.29, 0.717) is 12.3 Å². The van der Waals surface area contributed by atoms with Gasteiger partial charge in [0.15, 0.2) is 0 Å². The minimum absolute atomic E-state index is 0.0420. The van der Waals surface area contributed by atoms with Crippen molar-refractivity contribution < 1.29 is 9.84 Å². The number of fused-ring (bicyclic) bond motifs is 1. The fourth-order valence-corrected chi connectivity index (χ4v) is 2.20. The summed E-state index contributed by atoms with van der Waals surface area (Å²) in [5.41, 5.74) is 2.72. The fraction of sp³-hybridized carbons (Fsp3) is 0.400. The van der Waals surface area contributed by atoms with Gasteiger partial charge in [0.05, 0.1) is 24.4 Å². The number of ether oxygens (including phenoxy) is 1. The van der Waals surface area contributed by atoms with E-state index in [1.807, 2.05) is 24.3 Å². The summed E-state index contributed by atoms with van der Waals surface area (Å²) in [5.74, 6) is 0. The molecule has 0 bridgehead atoms. The normalized spacial score (nSPS) is 10.9. The monoisotopic (exact) mass is 260 g/mol. The van der Waals surface area contributed by atoms with Gasteiger partial charge in [0.25, 0.3) is 0 Å². The number of benzene rings is 1. The predicted octanol–water partition coefficient (Wildman–Crippen LogP) is 2.20. The number of hydrogen-bond acceptors (Lipinski definition) is 4. The van der Waals surface area contributed by atoms with Crippen molar-refractivity contribution >= 4 is 16.6 Å². The van der Waals surface area contributed by atoms with Crippen LogP contribution in [0.2, 0.25) is 0 Å². The highest BCUT2D eigenvalue weighted by Crippen LogP contribution is 2.26. The van der Waals surface area contributed by atoms with Gasteiger partial charge in [-0.2, -0.15) is 0 Å². The van der Waals surface area contributed by atoms with Crippen LogP contribution in [0.3, 0.4) is 0 Å². The average Bonchev–Trinajstić information content (AvgIpc) is 2.47.